The number of aromatic hydroxyl groups is 2. The summed E-state index contributed by atoms with van der Waals surface area (Å²) in [5.74, 6) is 0.0455. The molecule has 3 heteroatoms. The highest BCUT2D eigenvalue weighted by Gasteiger charge is 2.15. The van der Waals surface area contributed by atoms with Crippen LogP contribution < -0.4 is 0 Å². The summed E-state index contributed by atoms with van der Waals surface area (Å²) in [5, 5.41) is 19.1. The molecule has 98 valence electrons. The largest absolute Gasteiger partial charge is 0.508 e. The van der Waals surface area contributed by atoms with Gasteiger partial charge in [0.05, 0.1) is 5.92 Å². The van der Waals surface area contributed by atoms with Crippen molar-refractivity contribution in [1.29, 1.82) is 0 Å². The smallest absolute Gasteiger partial charge is 0.131 e. The maximum absolute atomic E-state index is 11.4. The molecule has 0 saturated heterocycles. The summed E-state index contributed by atoms with van der Waals surface area (Å²) in [5.41, 5.74) is 3.13. The normalized spacial score (nSPS) is 10.7. The lowest BCUT2D eigenvalue weighted by atomic mass is 9.90. The first kappa shape index (κ1) is 13.1. The van der Waals surface area contributed by atoms with Crippen molar-refractivity contribution >= 4 is 6.29 Å². The van der Waals surface area contributed by atoms with Gasteiger partial charge >= 0.3 is 0 Å². The van der Waals surface area contributed by atoms with E-state index in [4.69, 9.17) is 0 Å². The van der Waals surface area contributed by atoms with Crippen molar-refractivity contribution in [1.82, 2.24) is 0 Å². The molecule has 0 radical (unpaired) electrons. The van der Waals surface area contributed by atoms with Crippen molar-refractivity contribution < 1.29 is 15.0 Å². The Morgan fingerprint density at radius 2 is 1.32 bits per heavy atom. The van der Waals surface area contributed by atoms with Crippen LogP contribution >= 0.6 is 0 Å². The molecule has 0 spiro atoms. The number of hydrogen-bond donors (Lipinski definition) is 2. The fourth-order valence-corrected chi connectivity index (χ4v) is 2.09. The molecular weight excluding hydrogens is 240 g/mol. The number of aldehydes is 1. The Hall–Kier alpha value is -2.29. The van der Waals surface area contributed by atoms with Gasteiger partial charge in [0.15, 0.2) is 0 Å². The molecule has 0 aliphatic carbocycles. The monoisotopic (exact) mass is 256 g/mol. The van der Waals surface area contributed by atoms with E-state index >= 15 is 0 Å². The molecule has 2 rings (SSSR count). The van der Waals surface area contributed by atoms with Gasteiger partial charge in [0.25, 0.3) is 0 Å². The second kappa shape index (κ2) is 5.14. The van der Waals surface area contributed by atoms with Gasteiger partial charge < -0.3 is 15.0 Å². The quantitative estimate of drug-likeness (QED) is 0.830. The first-order valence-corrected chi connectivity index (χ1v) is 6.07. The summed E-state index contributed by atoms with van der Waals surface area (Å²) in [4.78, 5) is 11.4. The predicted molar refractivity (Wildman–Crippen MR) is 73.6 cm³/mol. The highest BCUT2D eigenvalue weighted by molar-refractivity contribution is 5.69. The van der Waals surface area contributed by atoms with Crippen molar-refractivity contribution in [2.45, 2.75) is 19.8 Å². The van der Waals surface area contributed by atoms with Gasteiger partial charge in [0, 0.05) is 0 Å². The third-order valence-corrected chi connectivity index (χ3v) is 3.30. The van der Waals surface area contributed by atoms with Gasteiger partial charge in [-0.3, -0.25) is 0 Å². The molecular formula is C16H16O3. The van der Waals surface area contributed by atoms with E-state index in [2.05, 4.69) is 0 Å². The van der Waals surface area contributed by atoms with E-state index in [0.29, 0.717) is 0 Å². The van der Waals surface area contributed by atoms with Crippen molar-refractivity contribution in [3.8, 4) is 11.5 Å². The van der Waals surface area contributed by atoms with Crippen LogP contribution in [-0.4, -0.2) is 16.5 Å². The maximum Gasteiger partial charge on any atom is 0.131 e. The molecule has 0 aliphatic heterocycles. The second-order valence-corrected chi connectivity index (χ2v) is 4.71. The van der Waals surface area contributed by atoms with Crippen LogP contribution in [-0.2, 0) is 4.79 Å². The SMILES string of the molecule is Cc1cc(C(C=O)c2ccc(O)c(C)c2)ccc1O. The van der Waals surface area contributed by atoms with Crippen LogP contribution in [0.5, 0.6) is 11.5 Å². The summed E-state index contributed by atoms with van der Waals surface area (Å²) in [6.07, 6.45) is 0.873. The van der Waals surface area contributed by atoms with E-state index in [1.54, 1.807) is 50.2 Å². The minimum absolute atomic E-state index is 0.218. The molecule has 2 N–H and O–H groups in total. The van der Waals surface area contributed by atoms with Gasteiger partial charge in [-0.1, -0.05) is 24.3 Å². The van der Waals surface area contributed by atoms with Crippen molar-refractivity contribution in [2.75, 3.05) is 0 Å². The lowest BCUT2D eigenvalue weighted by Gasteiger charge is -2.13. The molecule has 0 aliphatic rings. The molecule has 3 nitrogen and oxygen atoms in total. The number of phenolic OH excluding ortho intramolecular Hbond substituents is 2. The highest BCUT2D eigenvalue weighted by Crippen LogP contribution is 2.29. The van der Waals surface area contributed by atoms with Gasteiger partial charge in [-0.2, -0.15) is 0 Å². The molecule has 19 heavy (non-hydrogen) atoms. The molecule has 0 amide bonds. The first-order chi connectivity index (χ1) is 9.02. The standard InChI is InChI=1S/C16H16O3/c1-10-7-12(3-5-15(10)18)14(9-17)13-4-6-16(19)11(2)8-13/h3-9,14,18-19H,1-2H3. The summed E-state index contributed by atoms with van der Waals surface area (Å²) in [7, 11) is 0. The third kappa shape index (κ3) is 2.60. The van der Waals surface area contributed by atoms with Crippen LogP contribution in [0.15, 0.2) is 36.4 Å². The van der Waals surface area contributed by atoms with Gasteiger partial charge in [0.2, 0.25) is 0 Å². The molecule has 0 unspecified atom stereocenters. The molecule has 2 aromatic rings. The fraction of sp³-hybridized carbons (Fsp3) is 0.188. The number of carbonyl (C=O) groups is 1. The van der Waals surface area contributed by atoms with Crippen LogP contribution in [0.1, 0.15) is 28.2 Å². The summed E-state index contributed by atoms with van der Waals surface area (Å²) in [6, 6.07) is 10.3. The molecule has 0 fully saturated rings. The van der Waals surface area contributed by atoms with E-state index in [1.165, 1.54) is 0 Å². The van der Waals surface area contributed by atoms with Crippen LogP contribution in [0.2, 0.25) is 0 Å². The first-order valence-electron chi connectivity index (χ1n) is 6.07. The summed E-state index contributed by atoms with van der Waals surface area (Å²) >= 11 is 0. The topological polar surface area (TPSA) is 57.5 Å². The second-order valence-electron chi connectivity index (χ2n) is 4.71. The van der Waals surface area contributed by atoms with Crippen molar-refractivity contribution in [3.63, 3.8) is 0 Å². The van der Waals surface area contributed by atoms with Crippen LogP contribution in [0.4, 0.5) is 0 Å². The summed E-state index contributed by atoms with van der Waals surface area (Å²) in [6.45, 7) is 3.59. The number of carbonyl (C=O) groups excluding carboxylic acids is 1. The van der Waals surface area contributed by atoms with E-state index < -0.39 is 5.92 Å². The number of hydrogen-bond acceptors (Lipinski definition) is 3. The van der Waals surface area contributed by atoms with E-state index in [1.807, 2.05) is 0 Å². The molecule has 0 atom stereocenters. The molecule has 0 aromatic heterocycles. The zero-order valence-corrected chi connectivity index (χ0v) is 10.9. The average Bonchev–Trinajstić information content (AvgIpc) is 2.39. The Morgan fingerprint density at radius 1 is 0.895 bits per heavy atom. The number of aryl methyl sites for hydroxylation is 2. The Morgan fingerprint density at radius 3 is 1.63 bits per heavy atom. The Labute approximate surface area is 112 Å². The minimum Gasteiger partial charge on any atom is -0.508 e. The van der Waals surface area contributed by atoms with Crippen molar-refractivity contribution in [3.05, 3.63) is 58.7 Å². The summed E-state index contributed by atoms with van der Waals surface area (Å²) < 4.78 is 0. The van der Waals surface area contributed by atoms with Gasteiger partial charge in [-0.25, -0.2) is 0 Å². The molecule has 2 aromatic carbocycles. The predicted octanol–water partition coefficient (Wildman–Crippen LogP) is 3.05. The number of rotatable bonds is 3. The van der Waals surface area contributed by atoms with E-state index in [-0.39, 0.29) is 11.5 Å². The Kier molecular flexibility index (Phi) is 3.56. The molecule has 0 bridgehead atoms. The highest BCUT2D eigenvalue weighted by atomic mass is 16.3. The van der Waals surface area contributed by atoms with E-state index in [0.717, 1.165) is 28.5 Å². The zero-order valence-electron chi connectivity index (χ0n) is 10.9. The van der Waals surface area contributed by atoms with Gasteiger partial charge in [-0.05, 0) is 48.2 Å². The van der Waals surface area contributed by atoms with Crippen LogP contribution in [0.3, 0.4) is 0 Å². The fourth-order valence-electron chi connectivity index (χ4n) is 2.09. The van der Waals surface area contributed by atoms with Gasteiger partial charge in [0.1, 0.15) is 17.8 Å². The average molecular weight is 256 g/mol. The number of phenols is 2. The van der Waals surface area contributed by atoms with E-state index in [9.17, 15) is 15.0 Å². The maximum atomic E-state index is 11.4. The van der Waals surface area contributed by atoms with Gasteiger partial charge in [-0.15, -0.1) is 0 Å². The lowest BCUT2D eigenvalue weighted by Crippen LogP contribution is -2.03. The van der Waals surface area contributed by atoms with Crippen molar-refractivity contribution in [2.24, 2.45) is 0 Å². The van der Waals surface area contributed by atoms with Crippen LogP contribution in [0.25, 0.3) is 0 Å². The lowest BCUT2D eigenvalue weighted by molar-refractivity contribution is -0.108. The van der Waals surface area contributed by atoms with Crippen LogP contribution in [0, 0.1) is 13.8 Å². The molecule has 0 saturated carbocycles. The molecule has 0 heterocycles. The zero-order chi connectivity index (χ0) is 14.0. The third-order valence-electron chi connectivity index (χ3n) is 3.30. The Bertz CT molecular complexity index is 566. The Balaban J connectivity index is 2.46. The minimum atomic E-state index is -0.390. The number of benzene rings is 2.